The lowest BCUT2D eigenvalue weighted by Gasteiger charge is -2.11. The van der Waals surface area contributed by atoms with E-state index in [1.54, 1.807) is 4.68 Å². The third-order valence-corrected chi connectivity index (χ3v) is 2.86. The number of hydrogen-bond acceptors (Lipinski definition) is 5. The predicted octanol–water partition coefficient (Wildman–Crippen LogP) is 0.436. The molecular formula is C11H14N6. The van der Waals surface area contributed by atoms with Crippen molar-refractivity contribution in [1.29, 1.82) is 0 Å². The number of rotatable bonds is 3. The molecule has 1 aliphatic rings. The van der Waals surface area contributed by atoms with E-state index in [-0.39, 0.29) is 0 Å². The molecule has 2 N–H and O–H groups in total. The molecule has 1 unspecified atom stereocenters. The molecule has 0 aliphatic carbocycles. The molecule has 6 heteroatoms. The van der Waals surface area contributed by atoms with Crippen LogP contribution in [0.5, 0.6) is 0 Å². The van der Waals surface area contributed by atoms with Crippen LogP contribution in [-0.2, 0) is 0 Å². The summed E-state index contributed by atoms with van der Waals surface area (Å²) in [5.41, 5.74) is 0.964. The van der Waals surface area contributed by atoms with Gasteiger partial charge in [0.15, 0.2) is 0 Å². The predicted molar refractivity (Wildman–Crippen MR) is 64.1 cm³/mol. The van der Waals surface area contributed by atoms with Gasteiger partial charge < -0.3 is 10.6 Å². The van der Waals surface area contributed by atoms with Crippen LogP contribution in [0.15, 0.2) is 30.3 Å². The molecule has 1 aliphatic heterocycles. The van der Waals surface area contributed by atoms with Gasteiger partial charge in [0.1, 0.15) is 0 Å². The average molecular weight is 230 g/mol. The van der Waals surface area contributed by atoms with Crippen molar-refractivity contribution in [2.24, 2.45) is 0 Å². The number of aromatic nitrogens is 4. The van der Waals surface area contributed by atoms with Gasteiger partial charge in [-0.25, -0.2) is 0 Å². The Balaban J connectivity index is 1.84. The SMILES string of the molecule is c1ccc(-n2nnnc2NC2CCNC2)cc1. The monoisotopic (exact) mass is 230 g/mol. The fourth-order valence-corrected chi connectivity index (χ4v) is 1.98. The van der Waals surface area contributed by atoms with E-state index in [1.807, 2.05) is 30.3 Å². The number of para-hydroxylation sites is 1. The molecule has 2 heterocycles. The highest BCUT2D eigenvalue weighted by molar-refractivity contribution is 5.39. The topological polar surface area (TPSA) is 67.7 Å². The van der Waals surface area contributed by atoms with Crippen LogP contribution in [0.3, 0.4) is 0 Å². The quantitative estimate of drug-likeness (QED) is 0.800. The van der Waals surface area contributed by atoms with E-state index in [4.69, 9.17) is 0 Å². The minimum absolute atomic E-state index is 0.406. The van der Waals surface area contributed by atoms with Gasteiger partial charge >= 0.3 is 0 Å². The number of nitrogens with one attached hydrogen (secondary N) is 2. The molecule has 6 nitrogen and oxygen atoms in total. The maximum absolute atomic E-state index is 4.02. The van der Waals surface area contributed by atoms with Crippen LogP contribution in [0.25, 0.3) is 5.69 Å². The Hall–Kier alpha value is -1.95. The Bertz CT molecular complexity index is 474. The van der Waals surface area contributed by atoms with Crippen molar-refractivity contribution in [3.63, 3.8) is 0 Å². The lowest BCUT2D eigenvalue weighted by Crippen LogP contribution is -2.24. The smallest absolute Gasteiger partial charge is 0.248 e. The standard InChI is InChI=1S/C11H14N6/c1-2-4-10(5-3-1)17-11(14-15-16-17)13-9-6-7-12-8-9/h1-5,9,12H,6-8H2,(H,13,14,16). The Morgan fingerprint density at radius 3 is 2.94 bits per heavy atom. The summed E-state index contributed by atoms with van der Waals surface area (Å²) in [5.74, 6) is 0.699. The molecule has 0 bridgehead atoms. The van der Waals surface area contributed by atoms with Gasteiger partial charge in [-0.3, -0.25) is 0 Å². The highest BCUT2D eigenvalue weighted by Gasteiger charge is 2.17. The molecule has 1 aromatic heterocycles. The summed E-state index contributed by atoms with van der Waals surface area (Å²) < 4.78 is 1.72. The van der Waals surface area contributed by atoms with Crippen LogP contribution < -0.4 is 10.6 Å². The van der Waals surface area contributed by atoms with E-state index < -0.39 is 0 Å². The third-order valence-electron chi connectivity index (χ3n) is 2.86. The van der Waals surface area contributed by atoms with Crippen molar-refractivity contribution in [1.82, 2.24) is 25.5 Å². The molecule has 0 amide bonds. The summed E-state index contributed by atoms with van der Waals surface area (Å²) in [6, 6.07) is 10.3. The summed E-state index contributed by atoms with van der Waals surface area (Å²) in [6.07, 6.45) is 1.10. The van der Waals surface area contributed by atoms with Gasteiger partial charge in [0, 0.05) is 12.6 Å². The molecule has 88 valence electrons. The van der Waals surface area contributed by atoms with Crippen molar-refractivity contribution < 1.29 is 0 Å². The van der Waals surface area contributed by atoms with E-state index in [9.17, 15) is 0 Å². The van der Waals surface area contributed by atoms with Crippen LogP contribution in [0, 0.1) is 0 Å². The Labute approximate surface area is 99.0 Å². The van der Waals surface area contributed by atoms with Crippen LogP contribution in [0.4, 0.5) is 5.95 Å². The Morgan fingerprint density at radius 2 is 2.18 bits per heavy atom. The lowest BCUT2D eigenvalue weighted by molar-refractivity contribution is 0.757. The average Bonchev–Trinajstić information content (AvgIpc) is 3.02. The van der Waals surface area contributed by atoms with Gasteiger partial charge in [-0.2, -0.15) is 4.68 Å². The highest BCUT2D eigenvalue weighted by Crippen LogP contribution is 2.13. The molecule has 3 rings (SSSR count). The van der Waals surface area contributed by atoms with Crippen molar-refractivity contribution in [3.8, 4) is 5.69 Å². The first-order chi connectivity index (χ1) is 8.43. The molecule has 0 radical (unpaired) electrons. The summed E-state index contributed by atoms with van der Waals surface area (Å²) >= 11 is 0. The molecule has 1 saturated heterocycles. The van der Waals surface area contributed by atoms with E-state index in [0.717, 1.165) is 25.2 Å². The number of benzene rings is 1. The second-order valence-corrected chi connectivity index (χ2v) is 4.08. The Kier molecular flexibility index (Phi) is 2.71. The zero-order valence-electron chi connectivity index (χ0n) is 9.37. The van der Waals surface area contributed by atoms with Crippen LogP contribution in [0.1, 0.15) is 6.42 Å². The molecule has 0 saturated carbocycles. The minimum Gasteiger partial charge on any atom is -0.349 e. The zero-order chi connectivity index (χ0) is 11.5. The maximum Gasteiger partial charge on any atom is 0.248 e. The summed E-state index contributed by atoms with van der Waals surface area (Å²) in [4.78, 5) is 0. The van der Waals surface area contributed by atoms with Crippen LogP contribution in [0.2, 0.25) is 0 Å². The summed E-state index contributed by atoms with van der Waals surface area (Å²) in [5, 5.41) is 18.4. The molecule has 1 atom stereocenters. The first-order valence-electron chi connectivity index (χ1n) is 5.74. The molecule has 2 aromatic rings. The van der Waals surface area contributed by atoms with Gasteiger partial charge in [-0.1, -0.05) is 23.3 Å². The molecule has 17 heavy (non-hydrogen) atoms. The van der Waals surface area contributed by atoms with E-state index in [0.29, 0.717) is 12.0 Å². The van der Waals surface area contributed by atoms with Gasteiger partial charge in [0.25, 0.3) is 0 Å². The van der Waals surface area contributed by atoms with Crippen molar-refractivity contribution >= 4 is 5.95 Å². The van der Waals surface area contributed by atoms with Crippen molar-refractivity contribution in [3.05, 3.63) is 30.3 Å². The summed E-state index contributed by atoms with van der Waals surface area (Å²) in [6.45, 7) is 2.01. The number of anilines is 1. The number of tetrazole rings is 1. The second kappa shape index (κ2) is 4.50. The maximum atomic E-state index is 4.02. The second-order valence-electron chi connectivity index (χ2n) is 4.08. The third kappa shape index (κ3) is 2.12. The van der Waals surface area contributed by atoms with Crippen molar-refractivity contribution in [2.75, 3.05) is 18.4 Å². The van der Waals surface area contributed by atoms with Gasteiger partial charge in [0.05, 0.1) is 5.69 Å². The first-order valence-corrected chi connectivity index (χ1v) is 5.74. The first kappa shape index (κ1) is 10.2. The Morgan fingerprint density at radius 1 is 1.29 bits per heavy atom. The highest BCUT2D eigenvalue weighted by atomic mass is 15.6. The van der Waals surface area contributed by atoms with Crippen LogP contribution >= 0.6 is 0 Å². The fourth-order valence-electron chi connectivity index (χ4n) is 1.98. The van der Waals surface area contributed by atoms with E-state index in [2.05, 4.69) is 26.2 Å². The normalized spacial score (nSPS) is 19.4. The zero-order valence-corrected chi connectivity index (χ0v) is 9.37. The van der Waals surface area contributed by atoms with Crippen LogP contribution in [-0.4, -0.2) is 39.3 Å². The van der Waals surface area contributed by atoms with Crippen molar-refractivity contribution in [2.45, 2.75) is 12.5 Å². The van der Waals surface area contributed by atoms with Gasteiger partial charge in [-0.05, 0) is 35.5 Å². The summed E-state index contributed by atoms with van der Waals surface area (Å²) in [7, 11) is 0. The van der Waals surface area contributed by atoms with E-state index in [1.165, 1.54) is 0 Å². The molecular weight excluding hydrogens is 216 g/mol. The minimum atomic E-state index is 0.406. The van der Waals surface area contributed by atoms with Gasteiger partial charge in [0.2, 0.25) is 5.95 Å². The van der Waals surface area contributed by atoms with Gasteiger partial charge in [-0.15, -0.1) is 0 Å². The fraction of sp³-hybridized carbons (Fsp3) is 0.364. The molecule has 1 aromatic carbocycles. The number of hydrogen-bond donors (Lipinski definition) is 2. The number of nitrogens with zero attached hydrogens (tertiary/aromatic N) is 4. The molecule has 0 spiro atoms. The largest absolute Gasteiger partial charge is 0.349 e. The lowest BCUT2D eigenvalue weighted by atomic mass is 10.3. The molecule has 1 fully saturated rings. The van der Waals surface area contributed by atoms with E-state index >= 15 is 0 Å².